The standard InChI is InChI=1S/C14H16N4O/c1-10(12-5-3-4-8-16-12)18-14(19)11-6-7-13(15-2)17-9-11/h3-10H,1-2H3,(H,15,17)(H,18,19). The Morgan fingerprint density at radius 2 is 2.05 bits per heavy atom. The summed E-state index contributed by atoms with van der Waals surface area (Å²) >= 11 is 0. The van der Waals surface area contributed by atoms with Gasteiger partial charge >= 0.3 is 0 Å². The van der Waals surface area contributed by atoms with Crippen molar-refractivity contribution in [2.75, 3.05) is 12.4 Å². The molecule has 0 spiro atoms. The van der Waals surface area contributed by atoms with Crippen molar-refractivity contribution in [1.29, 1.82) is 0 Å². The zero-order valence-corrected chi connectivity index (χ0v) is 10.9. The third kappa shape index (κ3) is 3.28. The van der Waals surface area contributed by atoms with Crippen molar-refractivity contribution in [1.82, 2.24) is 15.3 Å². The summed E-state index contributed by atoms with van der Waals surface area (Å²) in [5.74, 6) is 0.572. The molecule has 2 aromatic heterocycles. The molecule has 0 aliphatic carbocycles. The highest BCUT2D eigenvalue weighted by Gasteiger charge is 2.12. The van der Waals surface area contributed by atoms with E-state index in [0.29, 0.717) is 5.56 Å². The molecule has 1 atom stereocenters. The van der Waals surface area contributed by atoms with Gasteiger partial charge in [-0.3, -0.25) is 9.78 Å². The lowest BCUT2D eigenvalue weighted by molar-refractivity contribution is 0.0939. The molecule has 0 aliphatic heterocycles. The summed E-state index contributed by atoms with van der Waals surface area (Å²) in [6.45, 7) is 1.90. The van der Waals surface area contributed by atoms with E-state index in [4.69, 9.17) is 0 Å². The van der Waals surface area contributed by atoms with Gasteiger partial charge in [0.1, 0.15) is 5.82 Å². The third-order valence-corrected chi connectivity index (χ3v) is 2.76. The number of nitrogens with one attached hydrogen (secondary N) is 2. The number of amides is 1. The number of hydrogen-bond donors (Lipinski definition) is 2. The molecule has 0 aromatic carbocycles. The summed E-state index contributed by atoms with van der Waals surface area (Å²) in [5, 5.41) is 5.79. The average molecular weight is 256 g/mol. The summed E-state index contributed by atoms with van der Waals surface area (Å²) in [5.41, 5.74) is 1.36. The highest BCUT2D eigenvalue weighted by molar-refractivity contribution is 5.94. The monoisotopic (exact) mass is 256 g/mol. The zero-order chi connectivity index (χ0) is 13.7. The van der Waals surface area contributed by atoms with Crippen LogP contribution in [0.25, 0.3) is 0 Å². The molecule has 2 rings (SSSR count). The lowest BCUT2D eigenvalue weighted by Crippen LogP contribution is -2.27. The van der Waals surface area contributed by atoms with Gasteiger partial charge < -0.3 is 10.6 Å². The van der Waals surface area contributed by atoms with E-state index in [9.17, 15) is 4.79 Å². The van der Waals surface area contributed by atoms with E-state index in [2.05, 4.69) is 20.6 Å². The van der Waals surface area contributed by atoms with Gasteiger partial charge in [-0.05, 0) is 31.2 Å². The van der Waals surface area contributed by atoms with Crippen LogP contribution in [0.2, 0.25) is 0 Å². The highest BCUT2D eigenvalue weighted by atomic mass is 16.1. The van der Waals surface area contributed by atoms with Crippen molar-refractivity contribution in [3.8, 4) is 0 Å². The van der Waals surface area contributed by atoms with Gasteiger partial charge in [-0.2, -0.15) is 0 Å². The van der Waals surface area contributed by atoms with E-state index in [1.807, 2.05) is 25.1 Å². The first kappa shape index (κ1) is 13.0. The Kier molecular flexibility index (Phi) is 4.07. The first-order chi connectivity index (χ1) is 9.20. The van der Waals surface area contributed by atoms with Gasteiger partial charge in [0, 0.05) is 19.4 Å². The van der Waals surface area contributed by atoms with E-state index < -0.39 is 0 Å². The van der Waals surface area contributed by atoms with Crippen molar-refractivity contribution in [2.45, 2.75) is 13.0 Å². The molecule has 0 saturated heterocycles. The van der Waals surface area contributed by atoms with Crippen molar-refractivity contribution < 1.29 is 4.79 Å². The summed E-state index contributed by atoms with van der Waals surface area (Å²) in [7, 11) is 1.78. The van der Waals surface area contributed by atoms with Gasteiger partial charge in [-0.1, -0.05) is 6.07 Å². The molecular weight excluding hydrogens is 240 g/mol. The van der Waals surface area contributed by atoms with Crippen LogP contribution in [0.1, 0.15) is 29.0 Å². The van der Waals surface area contributed by atoms with Crippen molar-refractivity contribution in [2.24, 2.45) is 0 Å². The second-order valence-electron chi connectivity index (χ2n) is 4.13. The molecule has 5 heteroatoms. The summed E-state index contributed by atoms with van der Waals surface area (Å²) < 4.78 is 0. The van der Waals surface area contributed by atoms with E-state index in [-0.39, 0.29) is 11.9 Å². The molecule has 0 fully saturated rings. The van der Waals surface area contributed by atoms with Crippen LogP contribution in [-0.4, -0.2) is 22.9 Å². The lowest BCUT2D eigenvalue weighted by Gasteiger charge is -2.13. The van der Waals surface area contributed by atoms with Crippen LogP contribution in [-0.2, 0) is 0 Å². The molecule has 0 saturated carbocycles. The van der Waals surface area contributed by atoms with Gasteiger partial charge in [0.15, 0.2) is 0 Å². The Bertz CT molecular complexity index is 539. The van der Waals surface area contributed by atoms with Crippen LogP contribution in [0.4, 0.5) is 5.82 Å². The molecule has 0 aliphatic rings. The normalized spacial score (nSPS) is 11.7. The minimum atomic E-state index is -0.159. The van der Waals surface area contributed by atoms with Gasteiger partial charge in [-0.15, -0.1) is 0 Å². The van der Waals surface area contributed by atoms with E-state index >= 15 is 0 Å². The second-order valence-corrected chi connectivity index (χ2v) is 4.13. The Hall–Kier alpha value is -2.43. The zero-order valence-electron chi connectivity index (χ0n) is 10.9. The van der Waals surface area contributed by atoms with E-state index in [0.717, 1.165) is 11.5 Å². The number of rotatable bonds is 4. The maximum absolute atomic E-state index is 12.0. The fourth-order valence-electron chi connectivity index (χ4n) is 1.66. The molecule has 2 heterocycles. The number of nitrogens with zero attached hydrogens (tertiary/aromatic N) is 2. The molecule has 0 bridgehead atoms. The van der Waals surface area contributed by atoms with Gasteiger partial charge in [0.25, 0.3) is 5.91 Å². The van der Waals surface area contributed by atoms with Crippen LogP contribution < -0.4 is 10.6 Å². The predicted octanol–water partition coefficient (Wildman–Crippen LogP) is 2.01. The predicted molar refractivity (Wildman–Crippen MR) is 73.9 cm³/mol. The number of carbonyl (C=O) groups is 1. The Labute approximate surface area is 112 Å². The van der Waals surface area contributed by atoms with Crippen LogP contribution in [0.15, 0.2) is 42.7 Å². The second kappa shape index (κ2) is 5.95. The van der Waals surface area contributed by atoms with Gasteiger partial charge in [-0.25, -0.2) is 4.98 Å². The highest BCUT2D eigenvalue weighted by Crippen LogP contribution is 2.10. The van der Waals surface area contributed by atoms with E-state index in [1.165, 1.54) is 0 Å². The number of anilines is 1. The largest absolute Gasteiger partial charge is 0.373 e. The Balaban J connectivity index is 2.04. The quantitative estimate of drug-likeness (QED) is 0.878. The fraction of sp³-hybridized carbons (Fsp3) is 0.214. The van der Waals surface area contributed by atoms with Crippen LogP contribution in [0.5, 0.6) is 0 Å². The van der Waals surface area contributed by atoms with E-state index in [1.54, 1.807) is 31.6 Å². The fourth-order valence-corrected chi connectivity index (χ4v) is 1.66. The molecule has 0 radical (unpaired) electrons. The van der Waals surface area contributed by atoms with Crippen LogP contribution in [0, 0.1) is 0 Å². The SMILES string of the molecule is CNc1ccc(C(=O)NC(C)c2ccccn2)cn1. The van der Waals surface area contributed by atoms with Gasteiger partial charge in [0.2, 0.25) is 0 Å². The molecule has 1 unspecified atom stereocenters. The minimum Gasteiger partial charge on any atom is -0.373 e. The first-order valence-electron chi connectivity index (χ1n) is 6.06. The molecule has 19 heavy (non-hydrogen) atoms. The maximum Gasteiger partial charge on any atom is 0.253 e. The minimum absolute atomic E-state index is 0.141. The van der Waals surface area contributed by atoms with Crippen LogP contribution >= 0.6 is 0 Å². The third-order valence-electron chi connectivity index (χ3n) is 2.76. The molecule has 98 valence electrons. The average Bonchev–Trinajstić information content (AvgIpc) is 2.48. The summed E-state index contributed by atoms with van der Waals surface area (Å²) in [4.78, 5) is 20.4. The van der Waals surface area contributed by atoms with Crippen molar-refractivity contribution in [3.05, 3.63) is 54.0 Å². The first-order valence-corrected chi connectivity index (χ1v) is 6.06. The topological polar surface area (TPSA) is 66.9 Å². The summed E-state index contributed by atoms with van der Waals surface area (Å²) in [6.07, 6.45) is 3.26. The number of hydrogen-bond acceptors (Lipinski definition) is 4. The number of aromatic nitrogens is 2. The number of pyridine rings is 2. The molecule has 2 aromatic rings. The van der Waals surface area contributed by atoms with Crippen molar-refractivity contribution >= 4 is 11.7 Å². The van der Waals surface area contributed by atoms with Crippen LogP contribution in [0.3, 0.4) is 0 Å². The van der Waals surface area contributed by atoms with Crippen molar-refractivity contribution in [3.63, 3.8) is 0 Å². The van der Waals surface area contributed by atoms with Gasteiger partial charge in [0.05, 0.1) is 17.3 Å². The Morgan fingerprint density at radius 3 is 2.63 bits per heavy atom. The lowest BCUT2D eigenvalue weighted by atomic mass is 10.2. The molecule has 1 amide bonds. The number of carbonyl (C=O) groups excluding carboxylic acids is 1. The molecule has 5 nitrogen and oxygen atoms in total. The molecule has 2 N–H and O–H groups in total. The Morgan fingerprint density at radius 1 is 1.21 bits per heavy atom. The summed E-state index contributed by atoms with van der Waals surface area (Å²) in [6, 6.07) is 8.98. The molecular formula is C14H16N4O. The smallest absolute Gasteiger partial charge is 0.253 e. The maximum atomic E-state index is 12.0.